The molecular formula is C20H30N2O2. The molecule has 2 rings (SSSR count). The fraction of sp³-hybridized carbons (Fsp3) is 0.550. The van der Waals surface area contributed by atoms with Gasteiger partial charge in [-0.05, 0) is 64.3 Å². The summed E-state index contributed by atoms with van der Waals surface area (Å²) in [6, 6.07) is 8.67. The number of rotatable bonds is 6. The highest BCUT2D eigenvalue weighted by atomic mass is 16.6. The third kappa shape index (κ3) is 7.18. The number of alkyl carbamates (subject to hydrolysis) is 1. The largest absolute Gasteiger partial charge is 0.444 e. The van der Waals surface area contributed by atoms with Crippen LogP contribution in [0.2, 0.25) is 0 Å². The Bertz CT molecular complexity index is 555. The van der Waals surface area contributed by atoms with Crippen molar-refractivity contribution in [2.24, 2.45) is 0 Å². The molecule has 24 heavy (non-hydrogen) atoms. The summed E-state index contributed by atoms with van der Waals surface area (Å²) >= 11 is 0. The van der Waals surface area contributed by atoms with E-state index in [-0.39, 0.29) is 6.09 Å². The van der Waals surface area contributed by atoms with Crippen LogP contribution in [0.15, 0.2) is 30.3 Å². The highest BCUT2D eigenvalue weighted by Gasteiger charge is 2.15. The van der Waals surface area contributed by atoms with E-state index in [4.69, 9.17) is 4.74 Å². The van der Waals surface area contributed by atoms with Crippen molar-refractivity contribution >= 4 is 12.2 Å². The molecule has 1 aromatic rings. The molecule has 4 heteroatoms. The summed E-state index contributed by atoms with van der Waals surface area (Å²) in [7, 11) is 0. The predicted octanol–water partition coefficient (Wildman–Crippen LogP) is 4.21. The summed E-state index contributed by atoms with van der Waals surface area (Å²) in [6.07, 6.45) is 7.28. The minimum Gasteiger partial charge on any atom is -0.444 e. The number of carbonyl (C=O) groups is 1. The normalized spacial score (nSPS) is 15.8. The molecule has 0 bridgehead atoms. The van der Waals surface area contributed by atoms with Gasteiger partial charge in [-0.1, -0.05) is 36.4 Å². The van der Waals surface area contributed by atoms with Gasteiger partial charge >= 0.3 is 6.09 Å². The number of nitrogens with one attached hydrogen (secondary N) is 1. The van der Waals surface area contributed by atoms with Crippen LogP contribution in [0.25, 0.3) is 6.08 Å². The van der Waals surface area contributed by atoms with Crippen molar-refractivity contribution in [1.29, 1.82) is 0 Å². The molecule has 4 nitrogen and oxygen atoms in total. The quantitative estimate of drug-likeness (QED) is 0.794. The van der Waals surface area contributed by atoms with E-state index in [1.165, 1.54) is 37.1 Å². The average Bonchev–Trinajstić information content (AvgIpc) is 2.98. The van der Waals surface area contributed by atoms with Crippen LogP contribution < -0.4 is 5.32 Å². The van der Waals surface area contributed by atoms with E-state index >= 15 is 0 Å². The van der Waals surface area contributed by atoms with Crippen LogP contribution in [0, 0.1) is 0 Å². The smallest absolute Gasteiger partial charge is 0.407 e. The molecule has 0 atom stereocenters. The summed E-state index contributed by atoms with van der Waals surface area (Å²) in [5, 5.41) is 2.77. The lowest BCUT2D eigenvalue weighted by molar-refractivity contribution is 0.0529. The first-order chi connectivity index (χ1) is 11.4. The molecule has 0 radical (unpaired) electrons. The van der Waals surface area contributed by atoms with Crippen LogP contribution in [-0.2, 0) is 11.3 Å². The first kappa shape index (κ1) is 18.5. The SMILES string of the molecule is CC(C)(C)OC(=O)NCCC=Cc1cccc(CN2CCCC2)c1. The highest BCUT2D eigenvalue weighted by molar-refractivity contribution is 5.67. The Labute approximate surface area is 145 Å². The zero-order valence-electron chi connectivity index (χ0n) is 15.2. The summed E-state index contributed by atoms with van der Waals surface area (Å²) in [5.74, 6) is 0. The van der Waals surface area contributed by atoms with E-state index in [1.54, 1.807) is 0 Å². The second-order valence-electron chi connectivity index (χ2n) is 7.35. The van der Waals surface area contributed by atoms with Gasteiger partial charge in [0.1, 0.15) is 5.60 Å². The van der Waals surface area contributed by atoms with E-state index in [1.807, 2.05) is 20.8 Å². The molecule has 1 aliphatic heterocycles. The maximum atomic E-state index is 11.5. The maximum Gasteiger partial charge on any atom is 0.407 e. The number of carbonyl (C=O) groups excluding carboxylic acids is 1. The molecule has 0 aliphatic carbocycles. The molecule has 1 aliphatic rings. The molecule has 1 fully saturated rings. The number of ether oxygens (including phenoxy) is 1. The fourth-order valence-corrected chi connectivity index (χ4v) is 2.79. The Hall–Kier alpha value is -1.81. The second kappa shape index (κ2) is 8.88. The molecular weight excluding hydrogens is 300 g/mol. The topological polar surface area (TPSA) is 41.6 Å². The molecule has 0 aromatic heterocycles. The lowest BCUT2D eigenvalue weighted by atomic mass is 10.1. The molecule has 1 saturated heterocycles. The molecule has 1 N–H and O–H groups in total. The Morgan fingerprint density at radius 3 is 2.75 bits per heavy atom. The van der Waals surface area contributed by atoms with Gasteiger partial charge in [0.05, 0.1) is 0 Å². The highest BCUT2D eigenvalue weighted by Crippen LogP contribution is 2.14. The lowest BCUT2D eigenvalue weighted by Gasteiger charge is -2.19. The second-order valence-corrected chi connectivity index (χ2v) is 7.35. The van der Waals surface area contributed by atoms with Gasteiger partial charge in [-0.3, -0.25) is 4.90 Å². The van der Waals surface area contributed by atoms with Crippen molar-refractivity contribution in [3.63, 3.8) is 0 Å². The van der Waals surface area contributed by atoms with E-state index in [0.717, 1.165) is 13.0 Å². The Morgan fingerprint density at radius 1 is 1.29 bits per heavy atom. The summed E-state index contributed by atoms with van der Waals surface area (Å²) in [4.78, 5) is 14.0. The minimum atomic E-state index is -0.449. The van der Waals surface area contributed by atoms with Crippen LogP contribution in [0.5, 0.6) is 0 Å². The van der Waals surface area contributed by atoms with Gasteiger partial charge in [0.25, 0.3) is 0 Å². The van der Waals surface area contributed by atoms with Gasteiger partial charge in [0.2, 0.25) is 0 Å². The lowest BCUT2D eigenvalue weighted by Crippen LogP contribution is -2.32. The summed E-state index contributed by atoms with van der Waals surface area (Å²) in [5.41, 5.74) is 2.13. The van der Waals surface area contributed by atoms with Gasteiger partial charge in [0.15, 0.2) is 0 Å². The molecule has 1 heterocycles. The summed E-state index contributed by atoms with van der Waals surface area (Å²) < 4.78 is 5.20. The van der Waals surface area contributed by atoms with Gasteiger partial charge < -0.3 is 10.1 Å². The van der Waals surface area contributed by atoms with Crippen molar-refractivity contribution in [3.8, 4) is 0 Å². The van der Waals surface area contributed by atoms with Crippen molar-refractivity contribution < 1.29 is 9.53 Å². The monoisotopic (exact) mass is 330 g/mol. The van der Waals surface area contributed by atoms with Gasteiger partial charge in [-0.2, -0.15) is 0 Å². The summed E-state index contributed by atoms with van der Waals surface area (Å²) in [6.45, 7) is 9.65. The number of amides is 1. The molecule has 0 spiro atoms. The van der Waals surface area contributed by atoms with Gasteiger partial charge in [-0.15, -0.1) is 0 Å². The van der Waals surface area contributed by atoms with Crippen LogP contribution >= 0.6 is 0 Å². The predicted molar refractivity (Wildman–Crippen MR) is 98.8 cm³/mol. The van der Waals surface area contributed by atoms with Crippen LogP contribution in [0.1, 0.15) is 51.2 Å². The first-order valence-electron chi connectivity index (χ1n) is 8.87. The maximum absolute atomic E-state index is 11.5. The first-order valence-corrected chi connectivity index (χ1v) is 8.87. The van der Waals surface area contributed by atoms with Crippen molar-refractivity contribution in [1.82, 2.24) is 10.2 Å². The Kier molecular flexibility index (Phi) is 6.85. The molecule has 1 amide bonds. The Balaban J connectivity index is 1.72. The minimum absolute atomic E-state index is 0.358. The molecule has 0 unspecified atom stereocenters. The average molecular weight is 330 g/mol. The molecule has 132 valence electrons. The number of hydrogen-bond acceptors (Lipinski definition) is 3. The van der Waals surface area contributed by atoms with E-state index in [2.05, 4.69) is 46.6 Å². The third-order valence-electron chi connectivity index (χ3n) is 3.85. The van der Waals surface area contributed by atoms with Crippen molar-refractivity contribution in [2.75, 3.05) is 19.6 Å². The van der Waals surface area contributed by atoms with E-state index in [0.29, 0.717) is 6.54 Å². The number of nitrogens with zero attached hydrogens (tertiary/aromatic N) is 1. The van der Waals surface area contributed by atoms with Crippen LogP contribution in [0.3, 0.4) is 0 Å². The third-order valence-corrected chi connectivity index (χ3v) is 3.85. The number of likely N-dealkylation sites (tertiary alicyclic amines) is 1. The zero-order valence-corrected chi connectivity index (χ0v) is 15.2. The molecule has 1 aromatic carbocycles. The van der Waals surface area contributed by atoms with Crippen molar-refractivity contribution in [3.05, 3.63) is 41.5 Å². The van der Waals surface area contributed by atoms with Crippen LogP contribution in [0.4, 0.5) is 4.79 Å². The van der Waals surface area contributed by atoms with Crippen LogP contribution in [-0.4, -0.2) is 36.2 Å². The molecule has 0 saturated carbocycles. The van der Waals surface area contributed by atoms with Crippen molar-refractivity contribution in [2.45, 2.75) is 52.2 Å². The number of hydrogen-bond donors (Lipinski definition) is 1. The standard InChI is InChI=1S/C20H30N2O2/c1-20(2,3)24-19(23)21-12-5-4-9-17-10-8-11-18(15-17)16-22-13-6-7-14-22/h4,8-11,15H,5-7,12-14,16H2,1-3H3,(H,21,23). The van der Waals surface area contributed by atoms with E-state index in [9.17, 15) is 4.79 Å². The Morgan fingerprint density at radius 2 is 2.04 bits per heavy atom. The van der Waals surface area contributed by atoms with E-state index < -0.39 is 5.60 Å². The van der Waals surface area contributed by atoms with Gasteiger partial charge in [-0.25, -0.2) is 4.79 Å². The fourth-order valence-electron chi connectivity index (χ4n) is 2.79. The van der Waals surface area contributed by atoms with Gasteiger partial charge in [0, 0.05) is 13.1 Å². The number of benzene rings is 1. The zero-order chi connectivity index (χ0) is 17.4.